The fourth-order valence-corrected chi connectivity index (χ4v) is 4.25. The van der Waals surface area contributed by atoms with Gasteiger partial charge in [-0.25, -0.2) is 17.9 Å². The zero-order chi connectivity index (χ0) is 22.3. The minimum absolute atomic E-state index is 0.0295. The molecule has 1 heterocycles. The van der Waals surface area contributed by atoms with Gasteiger partial charge in [-0.05, 0) is 31.0 Å². The van der Waals surface area contributed by atoms with E-state index in [0.717, 1.165) is 0 Å². The highest BCUT2D eigenvalue weighted by molar-refractivity contribution is 7.89. The van der Waals surface area contributed by atoms with Gasteiger partial charge in [0, 0.05) is 32.7 Å². The van der Waals surface area contributed by atoms with Crippen LogP contribution in [0.2, 0.25) is 5.02 Å². The highest BCUT2D eigenvalue weighted by Gasteiger charge is 2.25. The molecule has 1 aromatic rings. The SMILES string of the molecule is CCOC(=O)N1CCN(C(=O)COc2ccc(S(=O)(=O)NCC(C)C)cc2Cl)CC1. The van der Waals surface area contributed by atoms with E-state index < -0.39 is 10.0 Å². The lowest BCUT2D eigenvalue weighted by Crippen LogP contribution is -2.51. The molecule has 0 aliphatic carbocycles. The van der Waals surface area contributed by atoms with Crippen molar-refractivity contribution in [1.29, 1.82) is 0 Å². The number of ether oxygens (including phenoxy) is 2. The first-order chi connectivity index (χ1) is 14.1. The van der Waals surface area contributed by atoms with E-state index in [4.69, 9.17) is 21.1 Å². The number of hydrogen-bond acceptors (Lipinski definition) is 6. The van der Waals surface area contributed by atoms with Gasteiger partial charge in [0.1, 0.15) is 5.75 Å². The van der Waals surface area contributed by atoms with Gasteiger partial charge in [0.05, 0.1) is 16.5 Å². The average Bonchev–Trinajstić information content (AvgIpc) is 2.71. The maximum absolute atomic E-state index is 12.4. The Balaban J connectivity index is 1.89. The molecule has 0 unspecified atom stereocenters. The predicted octanol–water partition coefficient (Wildman–Crippen LogP) is 1.95. The molecule has 1 N–H and O–H groups in total. The van der Waals surface area contributed by atoms with Crippen LogP contribution in [0.5, 0.6) is 5.75 Å². The summed E-state index contributed by atoms with van der Waals surface area (Å²) in [5, 5.41) is 0.0994. The van der Waals surface area contributed by atoms with Crippen molar-refractivity contribution < 1.29 is 27.5 Å². The number of carbonyl (C=O) groups excluding carboxylic acids is 2. The number of rotatable bonds is 8. The fraction of sp³-hybridized carbons (Fsp3) is 0.579. The summed E-state index contributed by atoms with van der Waals surface area (Å²) in [6, 6.07) is 4.10. The number of carbonyl (C=O) groups is 2. The molecule has 0 saturated carbocycles. The van der Waals surface area contributed by atoms with Crippen LogP contribution in [0.15, 0.2) is 23.1 Å². The second-order valence-corrected chi connectivity index (χ2v) is 9.37. The van der Waals surface area contributed by atoms with Gasteiger partial charge in [0.15, 0.2) is 6.61 Å². The van der Waals surface area contributed by atoms with Crippen LogP contribution in [0.1, 0.15) is 20.8 Å². The zero-order valence-corrected chi connectivity index (χ0v) is 19.0. The van der Waals surface area contributed by atoms with E-state index in [1.807, 2.05) is 13.8 Å². The minimum Gasteiger partial charge on any atom is -0.482 e. The van der Waals surface area contributed by atoms with E-state index in [1.165, 1.54) is 18.2 Å². The molecule has 1 saturated heterocycles. The number of piperazine rings is 1. The average molecular weight is 462 g/mol. The van der Waals surface area contributed by atoms with E-state index in [2.05, 4.69) is 4.72 Å². The van der Waals surface area contributed by atoms with Crippen molar-refractivity contribution in [2.75, 3.05) is 45.9 Å². The minimum atomic E-state index is -3.67. The molecular weight excluding hydrogens is 434 g/mol. The Kier molecular flexibility index (Phi) is 8.75. The first-order valence-corrected chi connectivity index (χ1v) is 11.6. The molecule has 0 atom stereocenters. The van der Waals surface area contributed by atoms with Crippen molar-refractivity contribution in [3.8, 4) is 5.75 Å². The van der Waals surface area contributed by atoms with Crippen LogP contribution in [0.3, 0.4) is 0 Å². The second-order valence-electron chi connectivity index (χ2n) is 7.19. The van der Waals surface area contributed by atoms with Crippen LogP contribution in [0, 0.1) is 5.92 Å². The largest absolute Gasteiger partial charge is 0.482 e. The molecule has 0 spiro atoms. The van der Waals surface area contributed by atoms with Gasteiger partial charge < -0.3 is 19.3 Å². The van der Waals surface area contributed by atoms with Crippen molar-refractivity contribution in [3.05, 3.63) is 23.2 Å². The van der Waals surface area contributed by atoms with E-state index >= 15 is 0 Å². The molecule has 1 aliphatic rings. The first kappa shape index (κ1) is 24.2. The number of nitrogens with one attached hydrogen (secondary N) is 1. The second kappa shape index (κ2) is 10.8. The van der Waals surface area contributed by atoms with Gasteiger partial charge in [-0.2, -0.15) is 0 Å². The van der Waals surface area contributed by atoms with Gasteiger partial charge in [-0.3, -0.25) is 4.79 Å². The molecule has 1 aliphatic heterocycles. The first-order valence-electron chi connectivity index (χ1n) is 9.75. The van der Waals surface area contributed by atoms with Gasteiger partial charge in [-0.1, -0.05) is 25.4 Å². The molecule has 0 aromatic heterocycles. The van der Waals surface area contributed by atoms with Crippen LogP contribution in [0.4, 0.5) is 4.79 Å². The lowest BCUT2D eigenvalue weighted by molar-refractivity contribution is -0.134. The Labute approximate surface area is 182 Å². The van der Waals surface area contributed by atoms with Gasteiger partial charge in [-0.15, -0.1) is 0 Å². The molecular formula is C19H28ClN3O6S. The third-order valence-electron chi connectivity index (χ3n) is 4.40. The lowest BCUT2D eigenvalue weighted by atomic mass is 10.2. The number of benzene rings is 1. The van der Waals surface area contributed by atoms with Crippen LogP contribution >= 0.6 is 11.6 Å². The molecule has 9 nitrogen and oxygen atoms in total. The van der Waals surface area contributed by atoms with E-state index in [-0.39, 0.29) is 40.2 Å². The number of nitrogens with zero attached hydrogens (tertiary/aromatic N) is 2. The van der Waals surface area contributed by atoms with Crippen molar-refractivity contribution in [1.82, 2.24) is 14.5 Å². The molecule has 168 valence electrons. The molecule has 2 amide bonds. The topological polar surface area (TPSA) is 105 Å². The molecule has 1 fully saturated rings. The Morgan fingerprint density at radius 2 is 1.80 bits per heavy atom. The summed E-state index contributed by atoms with van der Waals surface area (Å²) >= 11 is 6.15. The number of halogens is 1. The quantitative estimate of drug-likeness (QED) is 0.634. The zero-order valence-electron chi connectivity index (χ0n) is 17.4. The van der Waals surface area contributed by atoms with Crippen molar-refractivity contribution >= 4 is 33.6 Å². The summed E-state index contributed by atoms with van der Waals surface area (Å²) in [5.74, 6) is 0.144. The van der Waals surface area contributed by atoms with E-state index in [9.17, 15) is 18.0 Å². The summed E-state index contributed by atoms with van der Waals surface area (Å²) < 4.78 is 37.5. The maximum atomic E-state index is 12.4. The highest BCUT2D eigenvalue weighted by atomic mass is 35.5. The molecule has 30 heavy (non-hydrogen) atoms. The van der Waals surface area contributed by atoms with Crippen LogP contribution in [-0.4, -0.2) is 76.2 Å². The maximum Gasteiger partial charge on any atom is 0.409 e. The molecule has 0 radical (unpaired) electrons. The summed E-state index contributed by atoms with van der Waals surface area (Å²) in [6.45, 7) is 7.47. The summed E-state index contributed by atoms with van der Waals surface area (Å²) in [4.78, 5) is 27.3. The molecule has 0 bridgehead atoms. The summed E-state index contributed by atoms with van der Waals surface area (Å²) in [6.07, 6.45) is -0.384. The lowest BCUT2D eigenvalue weighted by Gasteiger charge is -2.34. The number of sulfonamides is 1. The van der Waals surface area contributed by atoms with Crippen LogP contribution in [-0.2, 0) is 19.6 Å². The van der Waals surface area contributed by atoms with Crippen LogP contribution in [0.25, 0.3) is 0 Å². The summed E-state index contributed by atoms with van der Waals surface area (Å²) in [7, 11) is -3.67. The predicted molar refractivity (Wildman–Crippen MR) is 112 cm³/mol. The van der Waals surface area contributed by atoms with E-state index in [1.54, 1.807) is 16.7 Å². The van der Waals surface area contributed by atoms with Gasteiger partial charge in [0.25, 0.3) is 5.91 Å². The Bertz CT molecular complexity index is 854. The summed E-state index contributed by atoms with van der Waals surface area (Å²) in [5.41, 5.74) is 0. The Morgan fingerprint density at radius 3 is 2.37 bits per heavy atom. The Hall–Kier alpha value is -2.04. The number of amides is 2. The van der Waals surface area contributed by atoms with E-state index in [0.29, 0.717) is 39.3 Å². The molecule has 11 heteroatoms. The monoisotopic (exact) mass is 461 g/mol. The highest BCUT2D eigenvalue weighted by Crippen LogP contribution is 2.27. The van der Waals surface area contributed by atoms with Crippen molar-refractivity contribution in [3.63, 3.8) is 0 Å². The third kappa shape index (κ3) is 6.75. The normalized spacial score (nSPS) is 14.7. The number of hydrogen-bond donors (Lipinski definition) is 1. The van der Waals surface area contributed by atoms with Crippen molar-refractivity contribution in [2.45, 2.75) is 25.7 Å². The molecule has 2 rings (SSSR count). The third-order valence-corrected chi connectivity index (χ3v) is 6.12. The smallest absolute Gasteiger partial charge is 0.409 e. The fourth-order valence-electron chi connectivity index (χ4n) is 2.71. The molecule has 1 aromatic carbocycles. The standard InChI is InChI=1S/C19H28ClN3O6S/c1-4-28-19(25)23-9-7-22(8-10-23)18(24)13-29-17-6-5-15(11-16(17)20)30(26,27)21-12-14(2)3/h5-6,11,14,21H,4,7-10,12-13H2,1-3H3. The van der Waals surface area contributed by atoms with Gasteiger partial charge in [0.2, 0.25) is 10.0 Å². The van der Waals surface area contributed by atoms with Crippen LogP contribution < -0.4 is 9.46 Å². The Morgan fingerprint density at radius 1 is 1.17 bits per heavy atom. The van der Waals surface area contributed by atoms with Crippen molar-refractivity contribution in [2.24, 2.45) is 5.92 Å². The van der Waals surface area contributed by atoms with Gasteiger partial charge >= 0.3 is 6.09 Å².